The molecule has 1 aromatic rings. The Kier molecular flexibility index (Phi) is 5.03. The van der Waals surface area contributed by atoms with Crippen molar-refractivity contribution in [1.82, 2.24) is 0 Å². The van der Waals surface area contributed by atoms with E-state index in [9.17, 15) is 13.2 Å². The molecule has 0 amide bonds. The molecule has 0 aliphatic heterocycles. The smallest absolute Gasteiger partial charge is 0.422 e. The maximum absolute atomic E-state index is 12.0. The Morgan fingerprint density at radius 2 is 1.90 bits per heavy atom. The molecule has 0 fully saturated rings. The van der Waals surface area contributed by atoms with E-state index in [0.29, 0.717) is 0 Å². The number of hydrogen-bond donors (Lipinski definition) is 3. The summed E-state index contributed by atoms with van der Waals surface area (Å²) in [6, 6.07) is 3.85. The fourth-order valence-electron chi connectivity index (χ4n) is 1.13. The number of benzene rings is 1. The van der Waals surface area contributed by atoms with Crippen molar-refractivity contribution in [2.75, 3.05) is 6.61 Å². The Labute approximate surface area is 117 Å². The van der Waals surface area contributed by atoms with Crippen molar-refractivity contribution < 1.29 is 17.9 Å². The zero-order chi connectivity index (χ0) is 15.3. The lowest BCUT2D eigenvalue weighted by Gasteiger charge is -2.10. The highest BCUT2D eigenvalue weighted by Gasteiger charge is 2.28. The lowest BCUT2D eigenvalue weighted by molar-refractivity contribution is -0.153. The molecule has 6 N–H and O–H groups in total. The van der Waals surface area contributed by atoms with Gasteiger partial charge in [-0.2, -0.15) is 18.2 Å². The summed E-state index contributed by atoms with van der Waals surface area (Å²) in [4.78, 5) is 7.26. The second-order valence-electron chi connectivity index (χ2n) is 3.53. The van der Waals surface area contributed by atoms with Gasteiger partial charge in [-0.05, 0) is 18.2 Å². The van der Waals surface area contributed by atoms with Crippen LogP contribution in [-0.2, 0) is 0 Å². The maximum atomic E-state index is 12.0. The van der Waals surface area contributed by atoms with Gasteiger partial charge in [-0.15, -0.1) is 0 Å². The maximum Gasteiger partial charge on any atom is 0.422 e. The monoisotopic (exact) mass is 309 g/mol. The van der Waals surface area contributed by atoms with Crippen LogP contribution in [0.2, 0.25) is 5.02 Å². The topological polar surface area (TPSA) is 112 Å². The Bertz CT molecular complexity index is 540. The highest BCUT2D eigenvalue weighted by molar-refractivity contribution is 6.32. The van der Waals surface area contributed by atoms with E-state index in [1.54, 1.807) is 0 Å². The van der Waals surface area contributed by atoms with Crippen molar-refractivity contribution in [2.45, 2.75) is 6.18 Å². The van der Waals surface area contributed by atoms with Crippen molar-refractivity contribution in [1.29, 1.82) is 0 Å². The molecule has 6 nitrogen and oxygen atoms in total. The molecule has 0 aromatic heterocycles. The molecule has 1 aromatic carbocycles. The Hall–Kier alpha value is -2.16. The summed E-state index contributed by atoms with van der Waals surface area (Å²) in [5.41, 5.74) is 15.8. The molecule has 0 bridgehead atoms. The van der Waals surface area contributed by atoms with E-state index >= 15 is 0 Å². The number of alkyl halides is 3. The van der Waals surface area contributed by atoms with Crippen molar-refractivity contribution in [3.05, 3.63) is 23.2 Å². The summed E-state index contributed by atoms with van der Waals surface area (Å²) in [7, 11) is 0. The van der Waals surface area contributed by atoms with Crippen LogP contribution in [0.3, 0.4) is 0 Å². The van der Waals surface area contributed by atoms with Gasteiger partial charge in [-0.25, -0.2) is 4.99 Å². The molecular formula is C10H11ClF3N5O. The number of nitrogens with zero attached hydrogens (tertiary/aromatic N) is 2. The Morgan fingerprint density at radius 3 is 2.40 bits per heavy atom. The van der Waals surface area contributed by atoms with E-state index in [1.807, 2.05) is 0 Å². The molecule has 0 saturated heterocycles. The van der Waals surface area contributed by atoms with Crippen LogP contribution in [0.1, 0.15) is 0 Å². The van der Waals surface area contributed by atoms with E-state index < -0.39 is 12.8 Å². The Morgan fingerprint density at radius 1 is 1.25 bits per heavy atom. The summed E-state index contributed by atoms with van der Waals surface area (Å²) < 4.78 is 40.5. The summed E-state index contributed by atoms with van der Waals surface area (Å²) in [5.74, 6) is -0.615. The highest BCUT2D eigenvalue weighted by Crippen LogP contribution is 2.30. The molecular weight excluding hydrogens is 299 g/mol. The predicted molar refractivity (Wildman–Crippen MR) is 70.1 cm³/mol. The van der Waals surface area contributed by atoms with Gasteiger partial charge in [0.05, 0.1) is 10.7 Å². The molecule has 0 aliphatic rings. The Balaban J connectivity index is 2.86. The molecule has 20 heavy (non-hydrogen) atoms. The second-order valence-corrected chi connectivity index (χ2v) is 3.93. The van der Waals surface area contributed by atoms with Crippen molar-refractivity contribution in [3.63, 3.8) is 0 Å². The van der Waals surface area contributed by atoms with Crippen LogP contribution in [0.25, 0.3) is 0 Å². The third kappa shape index (κ3) is 5.65. The van der Waals surface area contributed by atoms with Crippen LogP contribution in [0.5, 0.6) is 5.75 Å². The van der Waals surface area contributed by atoms with Gasteiger partial charge < -0.3 is 21.9 Å². The first-order chi connectivity index (χ1) is 9.17. The molecule has 0 radical (unpaired) electrons. The first kappa shape index (κ1) is 15.9. The summed E-state index contributed by atoms with van der Waals surface area (Å²) in [6.45, 7) is -1.44. The van der Waals surface area contributed by atoms with E-state index in [1.165, 1.54) is 18.2 Å². The summed E-state index contributed by atoms with van der Waals surface area (Å²) >= 11 is 5.76. The number of aliphatic imine (C=N–C) groups is 2. The normalized spacial score (nSPS) is 12.1. The number of rotatable bonds is 3. The van der Waals surface area contributed by atoms with Gasteiger partial charge >= 0.3 is 6.18 Å². The van der Waals surface area contributed by atoms with Crippen LogP contribution < -0.4 is 21.9 Å². The molecule has 0 spiro atoms. The molecule has 0 heterocycles. The van der Waals surface area contributed by atoms with Gasteiger partial charge in [0.2, 0.25) is 5.96 Å². The molecule has 0 aliphatic carbocycles. The molecule has 1 rings (SSSR count). The van der Waals surface area contributed by atoms with E-state index in [4.69, 9.17) is 28.8 Å². The minimum Gasteiger partial charge on any atom is -0.483 e. The minimum absolute atomic E-state index is 0.0481. The molecule has 0 saturated carbocycles. The largest absolute Gasteiger partial charge is 0.483 e. The minimum atomic E-state index is -4.45. The number of nitrogens with two attached hydrogens (primary N) is 3. The lowest BCUT2D eigenvalue weighted by atomic mass is 10.3. The van der Waals surface area contributed by atoms with Gasteiger partial charge in [-0.3, -0.25) is 0 Å². The SMILES string of the molecule is NC(N)=NC(N)=Nc1ccc(OCC(F)(F)F)c(Cl)c1. The quantitative estimate of drug-likeness (QED) is 0.580. The van der Waals surface area contributed by atoms with Crippen LogP contribution in [0.4, 0.5) is 18.9 Å². The first-order valence-electron chi connectivity index (χ1n) is 5.10. The number of ether oxygens (including phenoxy) is 1. The van der Waals surface area contributed by atoms with Gasteiger partial charge in [0.25, 0.3) is 0 Å². The van der Waals surface area contributed by atoms with Gasteiger partial charge in [-0.1, -0.05) is 11.6 Å². The summed E-state index contributed by atoms with van der Waals surface area (Å²) in [6.07, 6.45) is -4.45. The van der Waals surface area contributed by atoms with Gasteiger partial charge in [0, 0.05) is 0 Å². The number of hydrogen-bond acceptors (Lipinski definition) is 2. The third-order valence-corrected chi connectivity index (χ3v) is 2.09. The average Bonchev–Trinajstić information content (AvgIpc) is 2.25. The average molecular weight is 310 g/mol. The lowest BCUT2D eigenvalue weighted by Crippen LogP contribution is -2.26. The standard InChI is InChI=1S/C10H11ClF3N5O/c11-6-3-5(18-9(17)19-8(15)16)1-2-7(6)20-4-10(12,13)14/h1-3H,4H2,(H6,15,16,17,18,19). The second kappa shape index (κ2) is 6.33. The van der Waals surface area contributed by atoms with E-state index in [-0.39, 0.29) is 28.4 Å². The van der Waals surface area contributed by atoms with E-state index in [2.05, 4.69) is 14.7 Å². The highest BCUT2D eigenvalue weighted by atomic mass is 35.5. The van der Waals surface area contributed by atoms with Crippen molar-refractivity contribution in [2.24, 2.45) is 27.2 Å². The van der Waals surface area contributed by atoms with Crippen molar-refractivity contribution in [3.8, 4) is 5.75 Å². The summed E-state index contributed by atoms with van der Waals surface area (Å²) in [5, 5.41) is -0.0481. The third-order valence-electron chi connectivity index (χ3n) is 1.79. The molecule has 0 unspecified atom stereocenters. The van der Waals surface area contributed by atoms with Crippen LogP contribution in [0, 0.1) is 0 Å². The number of halogens is 4. The van der Waals surface area contributed by atoms with Crippen LogP contribution >= 0.6 is 11.6 Å². The zero-order valence-corrected chi connectivity index (χ0v) is 10.7. The number of guanidine groups is 2. The fraction of sp³-hybridized carbons (Fsp3) is 0.200. The van der Waals surface area contributed by atoms with Gasteiger partial charge in [0.15, 0.2) is 12.6 Å². The van der Waals surface area contributed by atoms with E-state index in [0.717, 1.165) is 0 Å². The van der Waals surface area contributed by atoms with Crippen molar-refractivity contribution >= 4 is 29.2 Å². The van der Waals surface area contributed by atoms with Gasteiger partial charge in [0.1, 0.15) is 5.75 Å². The molecule has 10 heteroatoms. The molecule has 0 atom stereocenters. The van der Waals surface area contributed by atoms with Crippen LogP contribution in [0.15, 0.2) is 28.2 Å². The predicted octanol–water partition coefficient (Wildman–Crippen LogP) is 1.50. The zero-order valence-electron chi connectivity index (χ0n) is 9.99. The first-order valence-corrected chi connectivity index (χ1v) is 5.48. The van der Waals surface area contributed by atoms with Crippen LogP contribution in [-0.4, -0.2) is 24.7 Å². The fourth-order valence-corrected chi connectivity index (χ4v) is 1.35. The molecule has 110 valence electrons.